The van der Waals surface area contributed by atoms with Crippen LogP contribution in [0.1, 0.15) is 66.8 Å². The second kappa shape index (κ2) is 26.7. The zero-order valence-corrected chi connectivity index (χ0v) is 39.4. The molecule has 0 bridgehead atoms. The molecule has 0 amide bonds. The topological polar surface area (TPSA) is 134 Å². The molecule has 0 atom stereocenters. The largest absolute Gasteiger partial charge is 5.00 e. The van der Waals surface area contributed by atoms with Gasteiger partial charge in [-0.2, -0.15) is 0 Å². The van der Waals surface area contributed by atoms with Crippen molar-refractivity contribution in [2.24, 2.45) is 0 Å². The van der Waals surface area contributed by atoms with E-state index >= 15 is 0 Å². The summed E-state index contributed by atoms with van der Waals surface area (Å²) in [5.74, 6) is 0.261. The van der Waals surface area contributed by atoms with Gasteiger partial charge in [0.1, 0.15) is 0 Å². The number of hydrogen-bond donors (Lipinski definition) is 0. The molecule has 0 unspecified atom stereocenters. The molecule has 4 aromatic rings. The van der Waals surface area contributed by atoms with Crippen molar-refractivity contribution in [2.45, 2.75) is 81.6 Å². The molecule has 316 valence electrons. The predicted octanol–water partition coefficient (Wildman–Crippen LogP) is 6.31. The quantitative estimate of drug-likeness (QED) is 0.0890. The summed E-state index contributed by atoms with van der Waals surface area (Å²) in [6, 6.07) is 15.6. The van der Waals surface area contributed by atoms with Crippen molar-refractivity contribution in [1.29, 1.82) is 0 Å². The van der Waals surface area contributed by atoms with Crippen molar-refractivity contribution in [1.82, 2.24) is 19.6 Å². The first-order valence-electron chi connectivity index (χ1n) is 18.9. The van der Waals surface area contributed by atoms with Gasteiger partial charge in [0.25, 0.3) is 0 Å². The second-order valence-electron chi connectivity index (χ2n) is 15.4. The molecule has 13 heteroatoms. The van der Waals surface area contributed by atoms with Crippen LogP contribution in [-0.4, -0.2) is 78.3 Å². The van der Waals surface area contributed by atoms with Gasteiger partial charge in [0, 0.05) is 65.4 Å². The van der Waals surface area contributed by atoms with E-state index in [0.717, 1.165) is 92.9 Å². The molecule has 0 saturated heterocycles. The van der Waals surface area contributed by atoms with Crippen molar-refractivity contribution in [3.63, 3.8) is 0 Å². The second-order valence-corrected chi connectivity index (χ2v) is 16.2. The van der Waals surface area contributed by atoms with Gasteiger partial charge in [-0.15, -0.1) is 46.2 Å². The van der Waals surface area contributed by atoms with Crippen LogP contribution < -0.4 is 20.4 Å². The third-order valence-electron chi connectivity index (χ3n) is 10.0. The summed E-state index contributed by atoms with van der Waals surface area (Å²) in [5.41, 5.74) is 10.3. The molecule has 4 rings (SSSR count). The van der Waals surface area contributed by atoms with E-state index in [1.807, 2.05) is 104 Å². The fourth-order valence-corrected chi connectivity index (χ4v) is 7.22. The summed E-state index contributed by atoms with van der Waals surface area (Å²) >= 11 is 9.53. The Bertz CT molecular complexity index is 1630. The van der Waals surface area contributed by atoms with Crippen LogP contribution in [0.25, 0.3) is 0 Å². The van der Waals surface area contributed by atoms with Gasteiger partial charge in [-0.25, -0.2) is 0 Å². The molecule has 4 aromatic carbocycles. The first-order chi connectivity index (χ1) is 25.9. The smallest absolute Gasteiger partial charge is 2.00 e. The van der Waals surface area contributed by atoms with Gasteiger partial charge in [-0.1, -0.05) is 93.0 Å². The van der Waals surface area contributed by atoms with Gasteiger partial charge < -0.3 is 35.7 Å². The molecule has 0 aliphatic rings. The zero-order valence-electron chi connectivity index (χ0n) is 35.7. The Hall–Kier alpha value is -2.50. The Kier molecular flexibility index (Phi) is 25.5. The number of benzene rings is 4. The predicted molar refractivity (Wildman–Crippen MR) is 222 cm³/mol. The minimum absolute atomic E-state index is 0. The molecule has 0 aliphatic carbocycles. The summed E-state index contributed by atoms with van der Waals surface area (Å²) < 4.78 is 0. The Labute approximate surface area is 379 Å². The Morgan fingerprint density at radius 3 is 0.793 bits per heavy atom. The first kappa shape index (κ1) is 55.5. The standard InChI is InChI=1S/C44H62N4O4.CH2Cl2.2Fe.O/c1-29-17-33(5)41(49)37(21-29)25-47(26-38-22-30(2)18-34(6)42(38)50)15-13-45(9)11-12-46(10)14-16-48(27-39-23-31(3)19-35(7)43(39)51)28-40-24-32(4)20-36(8)44(40)52;2-1-3;;;/h17-24,49-52H,11-16,25-28H2,1-10H3;1H2;;;/q;;2*+5;-2/p-4. The molecule has 0 saturated carbocycles. The number of aryl methyl sites for hydroxylation is 8. The third-order valence-corrected chi connectivity index (χ3v) is 10.0. The van der Waals surface area contributed by atoms with Gasteiger partial charge in [-0.3, -0.25) is 9.80 Å². The number of nitrogens with zero attached hydrogens (tertiary/aromatic N) is 4. The minimum Gasteiger partial charge on any atom is -2.00 e. The van der Waals surface area contributed by atoms with Crippen LogP contribution >= 0.6 is 23.2 Å². The van der Waals surface area contributed by atoms with Gasteiger partial charge in [0.15, 0.2) is 0 Å². The maximum absolute atomic E-state index is 13.1. The minimum atomic E-state index is 0. The van der Waals surface area contributed by atoms with Crippen LogP contribution in [0.15, 0.2) is 48.5 Å². The fraction of sp³-hybridized carbons (Fsp3) is 0.467. The van der Waals surface area contributed by atoms with Crippen molar-refractivity contribution in [3.05, 3.63) is 115 Å². The van der Waals surface area contributed by atoms with E-state index in [9.17, 15) is 20.4 Å². The average Bonchev–Trinajstić information content (AvgIpc) is 3.10. The Morgan fingerprint density at radius 2 is 0.586 bits per heavy atom. The number of halogens is 2. The van der Waals surface area contributed by atoms with E-state index in [2.05, 4.69) is 33.7 Å². The third kappa shape index (κ3) is 17.2. The van der Waals surface area contributed by atoms with Crippen molar-refractivity contribution >= 4 is 23.2 Å². The van der Waals surface area contributed by atoms with Crippen molar-refractivity contribution in [3.8, 4) is 23.0 Å². The molecule has 9 nitrogen and oxygen atoms in total. The average molecular weight is 920 g/mol. The number of rotatable bonds is 17. The van der Waals surface area contributed by atoms with E-state index in [1.165, 1.54) is 0 Å². The van der Waals surface area contributed by atoms with Crippen LogP contribution in [-0.2, 0) is 65.8 Å². The Balaban J connectivity index is 0.00000525. The maximum atomic E-state index is 13.1. The molecule has 58 heavy (non-hydrogen) atoms. The van der Waals surface area contributed by atoms with Gasteiger partial charge in [0.05, 0.1) is 5.34 Å². The summed E-state index contributed by atoms with van der Waals surface area (Å²) in [7, 11) is 4.21. The number of hydrogen-bond acceptors (Lipinski definition) is 8. The van der Waals surface area contributed by atoms with E-state index in [-0.39, 0.29) is 68.0 Å². The van der Waals surface area contributed by atoms with E-state index < -0.39 is 0 Å². The summed E-state index contributed by atoms with van der Waals surface area (Å²) in [6.07, 6.45) is 0. The molecule has 0 fully saturated rings. The molecule has 2 radical (unpaired) electrons. The molecular weight excluding hydrogens is 859 g/mol. The number of likely N-dealkylation sites (N-methyl/N-ethyl adjacent to an activating group) is 2. The van der Waals surface area contributed by atoms with E-state index in [1.54, 1.807) is 0 Å². The van der Waals surface area contributed by atoms with Crippen molar-refractivity contribution < 1.29 is 60.0 Å². The van der Waals surface area contributed by atoms with Crippen LogP contribution in [0.5, 0.6) is 23.0 Å². The van der Waals surface area contributed by atoms with E-state index in [4.69, 9.17) is 23.2 Å². The molecule has 0 heterocycles. The molecule has 0 aromatic heterocycles. The normalized spacial score (nSPS) is 11.0. The summed E-state index contributed by atoms with van der Waals surface area (Å²) in [5, 5.41) is 52.5. The summed E-state index contributed by atoms with van der Waals surface area (Å²) in [6.45, 7) is 22.0. The van der Waals surface area contributed by atoms with Crippen LogP contribution in [0, 0.1) is 55.4 Å². The van der Waals surface area contributed by atoms with Crippen molar-refractivity contribution in [2.75, 3.05) is 58.7 Å². The van der Waals surface area contributed by atoms with Crippen LogP contribution in [0.2, 0.25) is 0 Å². The summed E-state index contributed by atoms with van der Waals surface area (Å²) in [4.78, 5) is 9.02. The van der Waals surface area contributed by atoms with Gasteiger partial charge in [-0.05, 0) is 91.7 Å². The van der Waals surface area contributed by atoms with Crippen LogP contribution in [0.4, 0.5) is 0 Å². The molecule has 0 N–H and O–H groups in total. The van der Waals surface area contributed by atoms with E-state index in [0.29, 0.717) is 39.3 Å². The maximum Gasteiger partial charge on any atom is 5.00 e. The molecule has 0 spiro atoms. The van der Waals surface area contributed by atoms with Gasteiger partial charge >= 0.3 is 34.1 Å². The van der Waals surface area contributed by atoms with Crippen LogP contribution in [0.3, 0.4) is 0 Å². The van der Waals surface area contributed by atoms with Gasteiger partial charge in [0.2, 0.25) is 0 Å². The number of alkyl halides is 2. The fourth-order valence-electron chi connectivity index (χ4n) is 7.22. The molecular formula is C45H60Cl2Fe2N4O5+4. The molecule has 0 aliphatic heterocycles. The Morgan fingerprint density at radius 1 is 0.397 bits per heavy atom. The SMILES string of the molecule is Cc1cc(C)c([O-])c(CN(CCN(C)CCN(C)CCN(Cc2cc(C)cc(C)c2[O-])Cc2cc(C)cc(C)c2[O-])Cc2cc(C)cc(C)c2[O-])c1.ClCCl.[Fe+5].[Fe+5].[O-2]. The first-order valence-corrected chi connectivity index (χ1v) is 20.0. The zero-order chi connectivity index (χ0) is 41.0. The monoisotopic (exact) mass is 918 g/mol.